The number of alkyl halides is 3. The minimum absolute atomic E-state index is 0.0602. The van der Waals surface area contributed by atoms with Gasteiger partial charge >= 0.3 is 5.97 Å². The topological polar surface area (TPSA) is 37.3 Å². The highest BCUT2D eigenvalue weighted by Gasteiger charge is 2.21. The maximum atomic E-state index is 10.2. The smallest absolute Gasteiger partial charge is 0.318 e. The zero-order valence-corrected chi connectivity index (χ0v) is 9.11. The fourth-order valence-electron chi connectivity index (χ4n) is 0.233. The summed E-state index contributed by atoms with van der Waals surface area (Å²) in [6.45, 7) is 0. The second kappa shape index (κ2) is 4.68. The van der Waals surface area contributed by atoms with Gasteiger partial charge in [-0.1, -0.05) is 47.8 Å². The summed E-state index contributed by atoms with van der Waals surface area (Å²) in [5, 5.41) is 9.01. The molecule has 0 unspecified atom stereocenters. The number of hydrogen-bond acceptors (Lipinski definition) is 1. The van der Waals surface area contributed by atoms with Crippen LogP contribution in [0.15, 0.2) is 0 Å². The van der Waals surface area contributed by atoms with Crippen molar-refractivity contribution in [3.05, 3.63) is 0 Å². The summed E-state index contributed by atoms with van der Waals surface area (Å²) in [5.41, 5.74) is 0. The van der Waals surface area contributed by atoms with Gasteiger partial charge in [0, 0.05) is 10.2 Å². The molecule has 0 aliphatic rings. The van der Waals surface area contributed by atoms with Crippen LogP contribution < -0.4 is 0 Å². The molecule has 0 bridgehead atoms. The van der Waals surface area contributed by atoms with Crippen molar-refractivity contribution in [3.63, 3.8) is 0 Å². The molecule has 1 N–H and O–H groups in total. The van der Waals surface area contributed by atoms with Crippen molar-refractivity contribution in [1.82, 2.24) is 0 Å². The van der Waals surface area contributed by atoms with E-state index in [-0.39, 0.29) is 4.83 Å². The van der Waals surface area contributed by atoms with Crippen LogP contribution >= 0.6 is 47.8 Å². The third-order valence-corrected chi connectivity index (χ3v) is 4.86. The normalized spacial score (nSPS) is 16.8. The fraction of sp³-hybridized carbons (Fsp3) is 0.750. The van der Waals surface area contributed by atoms with Crippen LogP contribution in [0.2, 0.25) is 0 Å². The summed E-state index contributed by atoms with van der Waals surface area (Å²) in [7, 11) is 0. The van der Waals surface area contributed by atoms with Crippen LogP contribution in [0.25, 0.3) is 0 Å². The standard InChI is InChI=1S/C4H5Br3O2/c5-1-2(6)3(7)4(8)9/h2-3H,1H2,(H,8,9)/t2-,3+/m0/s1. The first-order valence-corrected chi connectivity index (χ1v) is 5.11. The lowest BCUT2D eigenvalue weighted by Gasteiger charge is -2.07. The Morgan fingerprint density at radius 1 is 1.56 bits per heavy atom. The average molecular weight is 325 g/mol. The maximum absolute atomic E-state index is 10.2. The van der Waals surface area contributed by atoms with E-state index in [1.54, 1.807) is 0 Å². The predicted octanol–water partition coefficient (Wildman–Crippen LogP) is 1.99. The minimum Gasteiger partial charge on any atom is -0.480 e. The van der Waals surface area contributed by atoms with Gasteiger partial charge in [0.25, 0.3) is 0 Å². The Bertz CT molecular complexity index is 106. The molecule has 0 saturated heterocycles. The van der Waals surface area contributed by atoms with Crippen LogP contribution in [0, 0.1) is 0 Å². The molecule has 0 aliphatic carbocycles. The molecule has 2 nitrogen and oxygen atoms in total. The SMILES string of the molecule is O=C(O)[C@H](Br)[C@@H](Br)CBr. The summed E-state index contributed by atoms with van der Waals surface area (Å²) in [4.78, 5) is 9.62. The summed E-state index contributed by atoms with van der Waals surface area (Å²) in [6.07, 6.45) is 0. The molecule has 0 aliphatic heterocycles. The Kier molecular flexibility index (Phi) is 5.16. The highest BCUT2D eigenvalue weighted by Crippen LogP contribution is 2.16. The lowest BCUT2D eigenvalue weighted by atomic mass is 10.3. The van der Waals surface area contributed by atoms with Gasteiger partial charge in [0.05, 0.1) is 0 Å². The van der Waals surface area contributed by atoms with E-state index in [0.29, 0.717) is 5.33 Å². The van der Waals surface area contributed by atoms with Crippen molar-refractivity contribution in [2.24, 2.45) is 0 Å². The molecule has 0 heterocycles. The Balaban J connectivity index is 3.72. The number of carboxylic acids is 1. The van der Waals surface area contributed by atoms with Crippen LogP contribution in [0.5, 0.6) is 0 Å². The number of carbonyl (C=O) groups is 1. The number of halogens is 3. The number of hydrogen-bond donors (Lipinski definition) is 1. The summed E-state index contributed by atoms with van der Waals surface area (Å²) < 4.78 is 0. The van der Waals surface area contributed by atoms with Gasteiger partial charge in [-0.25, -0.2) is 0 Å². The second-order valence-electron chi connectivity index (χ2n) is 1.41. The van der Waals surface area contributed by atoms with Crippen molar-refractivity contribution >= 4 is 53.8 Å². The molecular formula is C4H5Br3O2. The molecule has 0 aromatic heterocycles. The molecule has 0 aromatic rings. The van der Waals surface area contributed by atoms with Gasteiger partial charge in [-0.3, -0.25) is 4.79 Å². The van der Waals surface area contributed by atoms with E-state index in [1.807, 2.05) is 0 Å². The van der Waals surface area contributed by atoms with E-state index in [1.165, 1.54) is 0 Å². The van der Waals surface area contributed by atoms with Crippen LogP contribution in [0.3, 0.4) is 0 Å². The molecule has 0 amide bonds. The van der Waals surface area contributed by atoms with Gasteiger partial charge < -0.3 is 5.11 Å². The fourth-order valence-corrected chi connectivity index (χ4v) is 1.52. The van der Waals surface area contributed by atoms with E-state index in [4.69, 9.17) is 5.11 Å². The Hall–Kier alpha value is 0.910. The Morgan fingerprint density at radius 3 is 2.11 bits per heavy atom. The molecular weight excluding hydrogens is 320 g/mol. The van der Waals surface area contributed by atoms with Crippen LogP contribution in [-0.2, 0) is 4.79 Å². The molecule has 0 rings (SSSR count). The predicted molar refractivity (Wildman–Crippen MR) is 46.9 cm³/mol. The third-order valence-electron chi connectivity index (χ3n) is 0.701. The molecule has 0 radical (unpaired) electrons. The van der Waals surface area contributed by atoms with Gasteiger partial charge in [-0.15, -0.1) is 0 Å². The molecule has 0 saturated carbocycles. The first kappa shape index (κ1) is 9.91. The molecule has 54 valence electrons. The Labute approximate surface area is 78.4 Å². The van der Waals surface area contributed by atoms with Gasteiger partial charge in [-0.2, -0.15) is 0 Å². The lowest BCUT2D eigenvalue weighted by molar-refractivity contribution is -0.136. The average Bonchev–Trinajstić information content (AvgIpc) is 1.84. The van der Waals surface area contributed by atoms with Crippen LogP contribution in [0.1, 0.15) is 0 Å². The number of rotatable bonds is 3. The molecule has 9 heavy (non-hydrogen) atoms. The first-order valence-electron chi connectivity index (χ1n) is 2.16. The largest absolute Gasteiger partial charge is 0.480 e. The number of carboxylic acid groups (broad SMARTS) is 1. The minimum atomic E-state index is -0.851. The van der Waals surface area contributed by atoms with Crippen molar-refractivity contribution in [2.45, 2.75) is 9.65 Å². The van der Waals surface area contributed by atoms with Gasteiger partial charge in [0.15, 0.2) is 0 Å². The van der Waals surface area contributed by atoms with Crippen LogP contribution in [-0.4, -0.2) is 26.1 Å². The second-order valence-corrected chi connectivity index (χ2v) is 4.22. The van der Waals surface area contributed by atoms with E-state index in [2.05, 4.69) is 47.8 Å². The molecule has 2 atom stereocenters. The van der Waals surface area contributed by atoms with E-state index in [9.17, 15) is 4.79 Å². The zero-order chi connectivity index (χ0) is 7.44. The molecule has 0 fully saturated rings. The van der Waals surface area contributed by atoms with E-state index >= 15 is 0 Å². The molecule has 5 heteroatoms. The van der Waals surface area contributed by atoms with Gasteiger partial charge in [0.1, 0.15) is 4.83 Å². The highest BCUT2D eigenvalue weighted by atomic mass is 79.9. The maximum Gasteiger partial charge on any atom is 0.318 e. The molecule has 0 aromatic carbocycles. The molecule has 0 spiro atoms. The van der Waals surface area contributed by atoms with Crippen molar-refractivity contribution in [2.75, 3.05) is 5.33 Å². The van der Waals surface area contributed by atoms with Crippen molar-refractivity contribution in [3.8, 4) is 0 Å². The highest BCUT2D eigenvalue weighted by molar-refractivity contribution is 9.13. The summed E-state index contributed by atoms with van der Waals surface area (Å²) in [6, 6.07) is 0. The summed E-state index contributed by atoms with van der Waals surface area (Å²) >= 11 is 9.30. The monoisotopic (exact) mass is 322 g/mol. The van der Waals surface area contributed by atoms with Gasteiger partial charge in [0.2, 0.25) is 0 Å². The van der Waals surface area contributed by atoms with Crippen LogP contribution in [0.4, 0.5) is 0 Å². The Morgan fingerprint density at radius 2 is 2.00 bits per heavy atom. The third kappa shape index (κ3) is 3.57. The lowest BCUT2D eigenvalue weighted by Crippen LogP contribution is -2.24. The van der Waals surface area contributed by atoms with Crippen molar-refractivity contribution in [1.29, 1.82) is 0 Å². The summed E-state index contributed by atoms with van der Waals surface area (Å²) in [5.74, 6) is -0.851. The van der Waals surface area contributed by atoms with Crippen molar-refractivity contribution < 1.29 is 9.90 Å². The first-order chi connectivity index (χ1) is 4.09. The van der Waals surface area contributed by atoms with E-state index in [0.717, 1.165) is 0 Å². The van der Waals surface area contributed by atoms with Gasteiger partial charge in [-0.05, 0) is 0 Å². The quantitative estimate of drug-likeness (QED) is 0.806. The van der Waals surface area contributed by atoms with E-state index < -0.39 is 10.8 Å². The number of aliphatic carboxylic acids is 1. The zero-order valence-electron chi connectivity index (χ0n) is 4.35.